The molecule has 0 saturated carbocycles. The number of aryl methyl sites for hydroxylation is 2. The Bertz CT molecular complexity index is 789. The number of benzene rings is 2. The Morgan fingerprint density at radius 1 is 0.913 bits per heavy atom. The standard InChI is InChI=1S/C19H18N2O2/c1-12-4-8-15(9-5-12)18(22)17-14(3)20-21(19(17)23)16-10-6-13(2)7-11-16/h4-11,17H,1-3H3/t17-/m1/s1. The molecule has 0 saturated heterocycles. The fourth-order valence-corrected chi connectivity index (χ4v) is 2.62. The first-order valence-electron chi connectivity index (χ1n) is 7.54. The van der Waals surface area contributed by atoms with Crippen LogP contribution >= 0.6 is 0 Å². The zero-order valence-electron chi connectivity index (χ0n) is 13.4. The molecule has 0 fully saturated rings. The number of hydrazone groups is 1. The smallest absolute Gasteiger partial charge is 0.264 e. The van der Waals surface area contributed by atoms with Crippen molar-refractivity contribution in [1.29, 1.82) is 0 Å². The second-order valence-electron chi connectivity index (χ2n) is 5.89. The van der Waals surface area contributed by atoms with Crippen LogP contribution in [0.15, 0.2) is 53.6 Å². The van der Waals surface area contributed by atoms with Gasteiger partial charge >= 0.3 is 0 Å². The first-order valence-corrected chi connectivity index (χ1v) is 7.54. The van der Waals surface area contributed by atoms with Crippen LogP contribution in [0.3, 0.4) is 0 Å². The van der Waals surface area contributed by atoms with E-state index in [-0.39, 0.29) is 11.7 Å². The van der Waals surface area contributed by atoms with Crippen LogP contribution in [0.4, 0.5) is 5.69 Å². The Kier molecular flexibility index (Phi) is 3.82. The van der Waals surface area contributed by atoms with Crippen LogP contribution in [-0.4, -0.2) is 17.4 Å². The normalized spacial score (nSPS) is 17.3. The molecular weight excluding hydrogens is 288 g/mol. The van der Waals surface area contributed by atoms with Crippen molar-refractivity contribution in [2.24, 2.45) is 11.0 Å². The van der Waals surface area contributed by atoms with Gasteiger partial charge < -0.3 is 0 Å². The van der Waals surface area contributed by atoms with Gasteiger partial charge in [0.2, 0.25) is 0 Å². The van der Waals surface area contributed by atoms with Gasteiger partial charge in [0, 0.05) is 5.56 Å². The summed E-state index contributed by atoms with van der Waals surface area (Å²) >= 11 is 0. The number of hydrogen-bond donors (Lipinski definition) is 0. The van der Waals surface area contributed by atoms with Crippen LogP contribution in [0.5, 0.6) is 0 Å². The van der Waals surface area contributed by atoms with Gasteiger partial charge in [-0.1, -0.05) is 47.5 Å². The second-order valence-corrected chi connectivity index (χ2v) is 5.89. The van der Waals surface area contributed by atoms with Crippen LogP contribution in [0.1, 0.15) is 28.4 Å². The maximum absolute atomic E-state index is 12.7. The van der Waals surface area contributed by atoms with E-state index in [1.807, 2.05) is 50.2 Å². The molecule has 1 aliphatic rings. The minimum atomic E-state index is -0.834. The molecule has 0 N–H and O–H groups in total. The minimum absolute atomic E-state index is 0.203. The van der Waals surface area contributed by atoms with Gasteiger partial charge in [0.1, 0.15) is 5.92 Å². The lowest BCUT2D eigenvalue weighted by atomic mass is 9.93. The molecule has 4 nitrogen and oxygen atoms in total. The molecule has 2 aromatic rings. The summed E-state index contributed by atoms with van der Waals surface area (Å²) in [5.41, 5.74) is 3.92. The van der Waals surface area contributed by atoms with Crippen LogP contribution in [0.25, 0.3) is 0 Å². The number of ketones is 1. The number of Topliss-reactive ketones (excluding diaryl/α,β-unsaturated/α-hetero) is 1. The Morgan fingerprint density at radius 2 is 1.43 bits per heavy atom. The van der Waals surface area contributed by atoms with E-state index in [4.69, 9.17) is 0 Å². The molecule has 116 valence electrons. The van der Waals surface area contributed by atoms with Gasteiger partial charge in [-0.15, -0.1) is 0 Å². The summed E-state index contributed by atoms with van der Waals surface area (Å²) in [5, 5.41) is 5.62. The van der Waals surface area contributed by atoms with Gasteiger partial charge in [0.15, 0.2) is 5.78 Å². The molecule has 2 aromatic carbocycles. The lowest BCUT2D eigenvalue weighted by molar-refractivity contribution is -0.118. The minimum Gasteiger partial charge on any atom is -0.293 e. The average Bonchev–Trinajstić information content (AvgIpc) is 2.83. The monoisotopic (exact) mass is 306 g/mol. The van der Waals surface area contributed by atoms with E-state index in [0.29, 0.717) is 17.0 Å². The van der Waals surface area contributed by atoms with E-state index in [2.05, 4.69) is 5.10 Å². The molecule has 0 aliphatic carbocycles. The lowest BCUT2D eigenvalue weighted by Crippen LogP contribution is -2.32. The molecule has 4 heteroatoms. The highest BCUT2D eigenvalue weighted by atomic mass is 16.2. The SMILES string of the molecule is CC1=NN(c2ccc(C)cc2)C(=O)[C@H]1C(=O)c1ccc(C)cc1. The van der Waals surface area contributed by atoms with Gasteiger partial charge in [0.25, 0.3) is 5.91 Å². The number of carbonyl (C=O) groups excluding carboxylic acids is 2. The highest BCUT2D eigenvalue weighted by molar-refractivity contribution is 6.30. The fourth-order valence-electron chi connectivity index (χ4n) is 2.62. The number of anilines is 1. The van der Waals surface area contributed by atoms with Crippen LogP contribution in [0.2, 0.25) is 0 Å². The molecule has 0 spiro atoms. The first kappa shape index (κ1) is 15.2. The maximum Gasteiger partial charge on any atom is 0.264 e. The molecule has 0 unspecified atom stereocenters. The summed E-state index contributed by atoms with van der Waals surface area (Å²) in [4.78, 5) is 25.4. The lowest BCUT2D eigenvalue weighted by Gasteiger charge is -2.14. The van der Waals surface area contributed by atoms with Crippen molar-refractivity contribution in [3.63, 3.8) is 0 Å². The van der Waals surface area contributed by atoms with Crippen LogP contribution in [0, 0.1) is 19.8 Å². The first-order chi connectivity index (χ1) is 11.0. The number of carbonyl (C=O) groups is 2. The van der Waals surface area contributed by atoms with Crippen molar-refractivity contribution in [2.75, 3.05) is 5.01 Å². The molecule has 1 heterocycles. The van der Waals surface area contributed by atoms with E-state index in [0.717, 1.165) is 11.1 Å². The molecule has 3 rings (SSSR count). The van der Waals surface area contributed by atoms with Crippen molar-refractivity contribution in [1.82, 2.24) is 0 Å². The fraction of sp³-hybridized carbons (Fsp3) is 0.211. The number of nitrogens with zero attached hydrogens (tertiary/aromatic N) is 2. The van der Waals surface area contributed by atoms with E-state index in [1.54, 1.807) is 19.1 Å². The quantitative estimate of drug-likeness (QED) is 0.643. The van der Waals surface area contributed by atoms with Crippen molar-refractivity contribution in [3.8, 4) is 0 Å². The molecule has 1 aliphatic heterocycles. The van der Waals surface area contributed by atoms with Crippen LogP contribution < -0.4 is 5.01 Å². The zero-order chi connectivity index (χ0) is 16.6. The van der Waals surface area contributed by atoms with Crippen molar-refractivity contribution < 1.29 is 9.59 Å². The van der Waals surface area contributed by atoms with Crippen molar-refractivity contribution in [2.45, 2.75) is 20.8 Å². The predicted octanol–water partition coefficient (Wildman–Crippen LogP) is 3.53. The summed E-state index contributed by atoms with van der Waals surface area (Å²) in [6, 6.07) is 14.8. The largest absolute Gasteiger partial charge is 0.293 e. The van der Waals surface area contributed by atoms with Gasteiger partial charge in [0.05, 0.1) is 11.4 Å². The Hall–Kier alpha value is -2.75. The van der Waals surface area contributed by atoms with Crippen LogP contribution in [-0.2, 0) is 4.79 Å². The third-order valence-corrected chi connectivity index (χ3v) is 4.01. The molecule has 0 aromatic heterocycles. The summed E-state index contributed by atoms with van der Waals surface area (Å²) in [5.74, 6) is -1.33. The summed E-state index contributed by atoms with van der Waals surface area (Å²) in [7, 11) is 0. The Morgan fingerprint density at radius 3 is 2.00 bits per heavy atom. The van der Waals surface area contributed by atoms with Crippen molar-refractivity contribution >= 4 is 23.1 Å². The summed E-state index contributed by atoms with van der Waals surface area (Å²) in [6.07, 6.45) is 0. The third-order valence-electron chi connectivity index (χ3n) is 4.01. The van der Waals surface area contributed by atoms with E-state index in [9.17, 15) is 9.59 Å². The molecule has 1 atom stereocenters. The highest BCUT2D eigenvalue weighted by Crippen LogP contribution is 2.26. The van der Waals surface area contributed by atoms with Gasteiger partial charge in [-0.25, -0.2) is 0 Å². The highest BCUT2D eigenvalue weighted by Gasteiger charge is 2.39. The number of amides is 1. The molecule has 0 bridgehead atoms. The maximum atomic E-state index is 12.7. The van der Waals surface area contributed by atoms with Crippen molar-refractivity contribution in [3.05, 3.63) is 65.2 Å². The van der Waals surface area contributed by atoms with Gasteiger partial charge in [-0.05, 0) is 32.9 Å². The molecule has 23 heavy (non-hydrogen) atoms. The summed E-state index contributed by atoms with van der Waals surface area (Å²) < 4.78 is 0. The van der Waals surface area contributed by atoms with E-state index < -0.39 is 5.92 Å². The molecule has 1 amide bonds. The molecular formula is C19H18N2O2. The topological polar surface area (TPSA) is 49.7 Å². The van der Waals surface area contributed by atoms with E-state index >= 15 is 0 Å². The summed E-state index contributed by atoms with van der Waals surface area (Å²) in [6.45, 7) is 5.66. The zero-order valence-corrected chi connectivity index (χ0v) is 13.4. The third kappa shape index (κ3) is 2.80. The van der Waals surface area contributed by atoms with Gasteiger partial charge in [-0.2, -0.15) is 10.1 Å². The van der Waals surface area contributed by atoms with Gasteiger partial charge in [-0.3, -0.25) is 9.59 Å². The number of rotatable bonds is 3. The Balaban J connectivity index is 1.89. The second kappa shape index (κ2) is 5.80. The predicted molar refractivity (Wildman–Crippen MR) is 90.8 cm³/mol. The average molecular weight is 306 g/mol. The molecule has 0 radical (unpaired) electrons. The van der Waals surface area contributed by atoms with E-state index in [1.165, 1.54) is 5.01 Å². The Labute approximate surface area is 135 Å². The number of hydrogen-bond acceptors (Lipinski definition) is 3.